The van der Waals surface area contributed by atoms with Crippen LogP contribution in [-0.2, 0) is 14.3 Å². The lowest BCUT2D eigenvalue weighted by Crippen LogP contribution is -2.51. The number of hydrogen-bond acceptors (Lipinski definition) is 4. The molecule has 0 bridgehead atoms. The number of nitrogens with one attached hydrogen (secondary N) is 1. The summed E-state index contributed by atoms with van der Waals surface area (Å²) in [4.78, 5) is 25.9. The van der Waals surface area contributed by atoms with Gasteiger partial charge in [0, 0.05) is 12.6 Å². The predicted molar refractivity (Wildman–Crippen MR) is 82.9 cm³/mol. The fourth-order valence-corrected chi connectivity index (χ4v) is 2.81. The Morgan fingerprint density at radius 3 is 2.38 bits per heavy atom. The molecule has 0 saturated heterocycles. The summed E-state index contributed by atoms with van der Waals surface area (Å²) in [6.45, 7) is 7.04. The molecule has 1 unspecified atom stereocenters. The van der Waals surface area contributed by atoms with E-state index >= 15 is 0 Å². The summed E-state index contributed by atoms with van der Waals surface area (Å²) in [6.07, 6.45) is 5.42. The molecule has 0 aromatic rings. The zero-order valence-electron chi connectivity index (χ0n) is 13.9. The Hall–Kier alpha value is -1.10. The molecule has 0 aliphatic heterocycles. The minimum absolute atomic E-state index is 0.00598. The van der Waals surface area contributed by atoms with Crippen molar-refractivity contribution in [2.24, 2.45) is 5.92 Å². The Balaban J connectivity index is 2.58. The summed E-state index contributed by atoms with van der Waals surface area (Å²) < 4.78 is 4.77. The van der Waals surface area contributed by atoms with Crippen molar-refractivity contribution in [3.05, 3.63) is 0 Å². The summed E-state index contributed by atoms with van der Waals surface area (Å²) in [5, 5.41) is 2.98. The van der Waals surface area contributed by atoms with Crippen molar-refractivity contribution in [3.63, 3.8) is 0 Å². The number of carbonyl (C=O) groups is 2. The van der Waals surface area contributed by atoms with Crippen LogP contribution in [-0.4, -0.2) is 49.1 Å². The lowest BCUT2D eigenvalue weighted by molar-refractivity contribution is -0.144. The van der Waals surface area contributed by atoms with Gasteiger partial charge in [-0.1, -0.05) is 26.7 Å². The highest BCUT2D eigenvalue weighted by Gasteiger charge is 2.31. The smallest absolute Gasteiger partial charge is 0.319 e. The number of methoxy groups -OCH3 is 1. The molecule has 1 N–H and O–H groups in total. The molecule has 5 heteroatoms. The Morgan fingerprint density at radius 2 is 1.86 bits per heavy atom. The van der Waals surface area contributed by atoms with Gasteiger partial charge < -0.3 is 10.1 Å². The number of esters is 1. The van der Waals surface area contributed by atoms with Crippen LogP contribution in [0.1, 0.15) is 52.9 Å². The molecule has 1 aliphatic carbocycles. The minimum Gasteiger partial charge on any atom is -0.468 e. The Morgan fingerprint density at radius 1 is 1.24 bits per heavy atom. The van der Waals surface area contributed by atoms with E-state index in [0.29, 0.717) is 18.5 Å². The first-order valence-corrected chi connectivity index (χ1v) is 8.06. The molecule has 21 heavy (non-hydrogen) atoms. The molecule has 122 valence electrons. The molecule has 1 aliphatic rings. The van der Waals surface area contributed by atoms with Crippen LogP contribution in [0.2, 0.25) is 0 Å². The highest BCUT2D eigenvalue weighted by atomic mass is 16.5. The third-order valence-electron chi connectivity index (χ3n) is 4.23. The molecule has 1 amide bonds. The van der Waals surface area contributed by atoms with E-state index in [9.17, 15) is 9.59 Å². The number of rotatable bonds is 8. The highest BCUT2D eigenvalue weighted by molar-refractivity contribution is 5.82. The minimum atomic E-state index is -0.292. The van der Waals surface area contributed by atoms with Crippen LogP contribution in [0.4, 0.5) is 0 Å². The Labute approximate surface area is 128 Å². The molecule has 1 saturated carbocycles. The summed E-state index contributed by atoms with van der Waals surface area (Å²) in [6, 6.07) is 0.0225. The third kappa shape index (κ3) is 6.04. The SMILES string of the molecule is COC(=O)CN(C1CCCC1)C(C)C(=O)NCCC(C)C. The van der Waals surface area contributed by atoms with E-state index in [4.69, 9.17) is 4.74 Å². The Kier molecular flexibility index (Phi) is 7.72. The molecule has 0 radical (unpaired) electrons. The molecular formula is C16H30N2O3. The first-order chi connectivity index (χ1) is 9.95. The van der Waals surface area contributed by atoms with Gasteiger partial charge in [-0.2, -0.15) is 0 Å². The standard InChI is InChI=1S/C16H30N2O3/c1-12(2)9-10-17-16(20)13(3)18(11-15(19)21-4)14-7-5-6-8-14/h12-14H,5-11H2,1-4H3,(H,17,20). The number of ether oxygens (including phenoxy) is 1. The molecule has 0 spiro atoms. The van der Waals surface area contributed by atoms with Crippen molar-refractivity contribution < 1.29 is 14.3 Å². The molecule has 0 aromatic carbocycles. The van der Waals surface area contributed by atoms with Gasteiger partial charge in [-0.3, -0.25) is 14.5 Å². The molecule has 5 nitrogen and oxygen atoms in total. The second-order valence-corrected chi connectivity index (χ2v) is 6.34. The van der Waals surface area contributed by atoms with Gasteiger partial charge in [-0.05, 0) is 32.1 Å². The average Bonchev–Trinajstić information content (AvgIpc) is 2.97. The first kappa shape index (κ1) is 18.0. The fraction of sp³-hybridized carbons (Fsp3) is 0.875. The van der Waals surface area contributed by atoms with Gasteiger partial charge in [0.15, 0.2) is 0 Å². The molecule has 1 rings (SSSR count). The van der Waals surface area contributed by atoms with Crippen LogP contribution < -0.4 is 5.32 Å². The van der Waals surface area contributed by atoms with E-state index in [2.05, 4.69) is 19.2 Å². The molecule has 0 heterocycles. The zero-order valence-corrected chi connectivity index (χ0v) is 13.9. The summed E-state index contributed by atoms with van der Waals surface area (Å²) in [7, 11) is 1.39. The second kappa shape index (κ2) is 9.03. The van der Waals surface area contributed by atoms with Crippen LogP contribution in [0.5, 0.6) is 0 Å². The summed E-state index contributed by atoms with van der Waals surface area (Å²) in [5.74, 6) is 0.303. The van der Waals surface area contributed by atoms with Crippen molar-refractivity contribution in [3.8, 4) is 0 Å². The van der Waals surface area contributed by atoms with Gasteiger partial charge in [0.25, 0.3) is 0 Å². The zero-order chi connectivity index (χ0) is 15.8. The number of hydrogen-bond donors (Lipinski definition) is 1. The largest absolute Gasteiger partial charge is 0.468 e. The predicted octanol–water partition coefficient (Wildman–Crippen LogP) is 1.95. The molecular weight excluding hydrogens is 268 g/mol. The van der Waals surface area contributed by atoms with Crippen LogP contribution in [0.15, 0.2) is 0 Å². The number of nitrogens with zero attached hydrogens (tertiary/aromatic N) is 1. The van der Waals surface area contributed by atoms with Crippen molar-refractivity contribution in [2.45, 2.75) is 65.0 Å². The quantitative estimate of drug-likeness (QED) is 0.696. The van der Waals surface area contributed by atoms with Gasteiger partial charge >= 0.3 is 5.97 Å². The lowest BCUT2D eigenvalue weighted by atomic mass is 10.1. The van der Waals surface area contributed by atoms with Gasteiger partial charge in [0.1, 0.15) is 0 Å². The van der Waals surface area contributed by atoms with Gasteiger partial charge in [-0.15, -0.1) is 0 Å². The van der Waals surface area contributed by atoms with Crippen LogP contribution in [0.25, 0.3) is 0 Å². The van der Waals surface area contributed by atoms with Gasteiger partial charge in [0.2, 0.25) is 5.91 Å². The van der Waals surface area contributed by atoms with E-state index in [-0.39, 0.29) is 24.5 Å². The van der Waals surface area contributed by atoms with Crippen LogP contribution in [0, 0.1) is 5.92 Å². The topological polar surface area (TPSA) is 58.6 Å². The maximum Gasteiger partial charge on any atom is 0.319 e. The highest BCUT2D eigenvalue weighted by Crippen LogP contribution is 2.25. The van der Waals surface area contributed by atoms with Crippen molar-refractivity contribution in [2.75, 3.05) is 20.2 Å². The van der Waals surface area contributed by atoms with Gasteiger partial charge in [-0.25, -0.2) is 0 Å². The van der Waals surface area contributed by atoms with Crippen molar-refractivity contribution >= 4 is 11.9 Å². The van der Waals surface area contributed by atoms with E-state index in [1.165, 1.54) is 20.0 Å². The van der Waals surface area contributed by atoms with E-state index < -0.39 is 0 Å². The molecule has 1 atom stereocenters. The molecule has 0 aromatic heterocycles. The third-order valence-corrected chi connectivity index (χ3v) is 4.23. The van der Waals surface area contributed by atoms with Gasteiger partial charge in [0.05, 0.1) is 19.7 Å². The lowest BCUT2D eigenvalue weighted by Gasteiger charge is -2.32. The van der Waals surface area contributed by atoms with Crippen LogP contribution >= 0.6 is 0 Å². The van der Waals surface area contributed by atoms with Crippen molar-refractivity contribution in [1.29, 1.82) is 0 Å². The first-order valence-electron chi connectivity index (χ1n) is 8.06. The van der Waals surface area contributed by atoms with Crippen LogP contribution in [0.3, 0.4) is 0 Å². The van der Waals surface area contributed by atoms with E-state index in [1.807, 2.05) is 11.8 Å². The fourth-order valence-electron chi connectivity index (χ4n) is 2.81. The summed E-state index contributed by atoms with van der Waals surface area (Å²) in [5.41, 5.74) is 0. The maximum absolute atomic E-state index is 12.3. The van der Waals surface area contributed by atoms with E-state index in [0.717, 1.165) is 19.3 Å². The second-order valence-electron chi connectivity index (χ2n) is 6.34. The number of carbonyl (C=O) groups excluding carboxylic acids is 2. The number of amides is 1. The molecule has 1 fully saturated rings. The summed E-state index contributed by atoms with van der Waals surface area (Å²) >= 11 is 0. The van der Waals surface area contributed by atoms with Crippen molar-refractivity contribution in [1.82, 2.24) is 10.2 Å². The Bertz CT molecular complexity index is 338. The normalized spacial score (nSPS) is 17.2. The monoisotopic (exact) mass is 298 g/mol. The van der Waals surface area contributed by atoms with E-state index in [1.54, 1.807) is 0 Å². The maximum atomic E-state index is 12.3. The average molecular weight is 298 g/mol.